The zero-order valence-corrected chi connectivity index (χ0v) is 13.8. The minimum absolute atomic E-state index is 0.0849. The quantitative estimate of drug-likeness (QED) is 0.602. The number of anilines is 1. The van der Waals surface area contributed by atoms with Crippen LogP contribution in [0.25, 0.3) is 0 Å². The van der Waals surface area contributed by atoms with Crippen molar-refractivity contribution >= 4 is 23.2 Å². The average molecular weight is 361 g/mol. The zero-order chi connectivity index (χ0) is 19.1. The number of halogens is 1. The average Bonchev–Trinajstić information content (AvgIpc) is 2.61. The molecule has 0 aliphatic carbocycles. The van der Waals surface area contributed by atoms with Crippen molar-refractivity contribution in [1.29, 1.82) is 0 Å². The van der Waals surface area contributed by atoms with Gasteiger partial charge in [0.1, 0.15) is 11.6 Å². The molecule has 0 heterocycles. The molecule has 26 heavy (non-hydrogen) atoms. The molecule has 0 unspecified atom stereocenters. The van der Waals surface area contributed by atoms with Crippen LogP contribution in [0, 0.1) is 15.9 Å². The summed E-state index contributed by atoms with van der Waals surface area (Å²) in [6.45, 7) is -0.530. The SMILES string of the molecule is CN(CC(=O)Nc1ccc(F)cc1)C(=O)COc1ccc([N+](=O)[O-])cc1. The van der Waals surface area contributed by atoms with Gasteiger partial charge in [-0.25, -0.2) is 4.39 Å². The van der Waals surface area contributed by atoms with Crippen LogP contribution < -0.4 is 10.1 Å². The molecule has 0 aromatic heterocycles. The van der Waals surface area contributed by atoms with E-state index in [1.54, 1.807) is 0 Å². The van der Waals surface area contributed by atoms with Crippen molar-refractivity contribution in [2.45, 2.75) is 0 Å². The highest BCUT2D eigenvalue weighted by Crippen LogP contribution is 2.17. The number of non-ortho nitro benzene ring substituents is 1. The number of rotatable bonds is 7. The third kappa shape index (κ3) is 5.55. The van der Waals surface area contributed by atoms with Crippen LogP contribution in [0.5, 0.6) is 5.75 Å². The smallest absolute Gasteiger partial charge is 0.269 e. The number of nitro benzene ring substituents is 1. The molecule has 0 bridgehead atoms. The van der Waals surface area contributed by atoms with Gasteiger partial charge in [-0.05, 0) is 36.4 Å². The molecule has 136 valence electrons. The first-order valence-electron chi connectivity index (χ1n) is 7.52. The number of benzene rings is 2. The van der Waals surface area contributed by atoms with Gasteiger partial charge >= 0.3 is 0 Å². The first kappa shape index (κ1) is 18.8. The maximum Gasteiger partial charge on any atom is 0.269 e. The fourth-order valence-corrected chi connectivity index (χ4v) is 1.96. The van der Waals surface area contributed by atoms with Crippen molar-refractivity contribution in [2.24, 2.45) is 0 Å². The fourth-order valence-electron chi connectivity index (χ4n) is 1.96. The van der Waals surface area contributed by atoms with Crippen molar-refractivity contribution in [2.75, 3.05) is 25.5 Å². The molecule has 1 N–H and O–H groups in total. The molecule has 0 aliphatic heterocycles. The molecule has 0 fully saturated rings. The van der Waals surface area contributed by atoms with Crippen LogP contribution in [0.4, 0.5) is 15.8 Å². The van der Waals surface area contributed by atoms with Crippen LogP contribution in [0.15, 0.2) is 48.5 Å². The van der Waals surface area contributed by atoms with Gasteiger partial charge in [0.2, 0.25) is 5.91 Å². The fraction of sp³-hybridized carbons (Fsp3) is 0.176. The Labute approximate surface area is 148 Å². The molecule has 2 rings (SSSR count). The highest BCUT2D eigenvalue weighted by molar-refractivity contribution is 5.94. The molecule has 0 atom stereocenters. The van der Waals surface area contributed by atoms with Gasteiger partial charge in [-0.1, -0.05) is 0 Å². The minimum atomic E-state index is -0.539. The topological polar surface area (TPSA) is 102 Å². The van der Waals surface area contributed by atoms with Gasteiger partial charge < -0.3 is 15.0 Å². The van der Waals surface area contributed by atoms with E-state index in [9.17, 15) is 24.1 Å². The summed E-state index contributed by atoms with van der Waals surface area (Å²) in [6.07, 6.45) is 0. The van der Waals surface area contributed by atoms with E-state index in [1.807, 2.05) is 0 Å². The number of ether oxygens (including phenoxy) is 1. The van der Waals surface area contributed by atoms with Crippen molar-refractivity contribution in [3.63, 3.8) is 0 Å². The Kier molecular flexibility index (Phi) is 6.20. The number of hydrogen-bond donors (Lipinski definition) is 1. The predicted octanol–water partition coefficient (Wildman–Crippen LogP) is 2.21. The number of nitro groups is 1. The molecular formula is C17H16FN3O5. The lowest BCUT2D eigenvalue weighted by molar-refractivity contribution is -0.384. The second-order valence-electron chi connectivity index (χ2n) is 5.34. The van der Waals surface area contributed by atoms with Crippen LogP contribution in [0.1, 0.15) is 0 Å². The van der Waals surface area contributed by atoms with E-state index >= 15 is 0 Å². The summed E-state index contributed by atoms with van der Waals surface area (Å²) in [5.41, 5.74) is 0.331. The number of carbonyl (C=O) groups is 2. The standard InChI is InChI=1S/C17H16FN3O5/c1-20(10-16(22)19-13-4-2-12(18)3-5-13)17(23)11-26-15-8-6-14(7-9-15)21(24)25/h2-9H,10-11H2,1H3,(H,19,22). The third-order valence-electron chi connectivity index (χ3n) is 3.34. The van der Waals surface area contributed by atoms with Crippen LogP contribution >= 0.6 is 0 Å². The first-order chi connectivity index (χ1) is 12.3. The van der Waals surface area contributed by atoms with Crippen LogP contribution in [-0.2, 0) is 9.59 Å². The molecule has 2 aromatic carbocycles. The van der Waals surface area contributed by atoms with Crippen LogP contribution in [0.2, 0.25) is 0 Å². The lowest BCUT2D eigenvalue weighted by atomic mass is 10.3. The summed E-state index contributed by atoms with van der Waals surface area (Å²) in [4.78, 5) is 35.1. The van der Waals surface area contributed by atoms with E-state index in [-0.39, 0.29) is 18.8 Å². The number of nitrogens with zero attached hydrogens (tertiary/aromatic N) is 2. The lowest BCUT2D eigenvalue weighted by Gasteiger charge is -2.17. The van der Waals surface area contributed by atoms with Crippen LogP contribution in [0.3, 0.4) is 0 Å². The summed E-state index contributed by atoms with van der Waals surface area (Å²) in [5.74, 6) is -1.01. The summed E-state index contributed by atoms with van der Waals surface area (Å²) in [7, 11) is 1.44. The molecule has 0 spiro atoms. The lowest BCUT2D eigenvalue weighted by Crippen LogP contribution is -2.37. The van der Waals surface area contributed by atoms with Gasteiger partial charge in [0.25, 0.3) is 11.6 Å². The maximum absolute atomic E-state index is 12.8. The van der Waals surface area contributed by atoms with Crippen molar-refractivity contribution < 1.29 is 23.6 Å². The highest BCUT2D eigenvalue weighted by atomic mass is 19.1. The minimum Gasteiger partial charge on any atom is -0.484 e. The molecular weight excluding hydrogens is 345 g/mol. The van der Waals surface area contributed by atoms with Gasteiger partial charge in [-0.3, -0.25) is 19.7 Å². The molecule has 0 saturated carbocycles. The number of nitrogens with one attached hydrogen (secondary N) is 1. The maximum atomic E-state index is 12.8. The second-order valence-corrected chi connectivity index (χ2v) is 5.34. The van der Waals surface area contributed by atoms with Crippen LogP contribution in [-0.4, -0.2) is 41.8 Å². The van der Waals surface area contributed by atoms with Crippen molar-refractivity contribution in [3.8, 4) is 5.75 Å². The van der Waals surface area contributed by atoms with Gasteiger partial charge in [0.15, 0.2) is 6.61 Å². The first-order valence-corrected chi connectivity index (χ1v) is 7.52. The molecule has 0 saturated heterocycles. The van der Waals surface area contributed by atoms with Gasteiger partial charge in [-0.2, -0.15) is 0 Å². The highest BCUT2D eigenvalue weighted by Gasteiger charge is 2.14. The molecule has 2 aromatic rings. The van der Waals surface area contributed by atoms with E-state index in [1.165, 1.54) is 60.5 Å². The number of amides is 2. The Hall–Kier alpha value is -3.49. The zero-order valence-electron chi connectivity index (χ0n) is 13.8. The molecule has 0 aliphatic rings. The van der Waals surface area contributed by atoms with E-state index in [4.69, 9.17) is 4.74 Å². The Morgan fingerprint density at radius 2 is 1.77 bits per heavy atom. The largest absolute Gasteiger partial charge is 0.484 e. The third-order valence-corrected chi connectivity index (χ3v) is 3.34. The van der Waals surface area contributed by atoms with Gasteiger partial charge in [-0.15, -0.1) is 0 Å². The summed E-state index contributed by atoms with van der Waals surface area (Å²) in [6, 6.07) is 10.5. The Bertz CT molecular complexity index is 793. The number of carbonyl (C=O) groups excluding carboxylic acids is 2. The van der Waals surface area contributed by atoms with E-state index in [2.05, 4.69) is 5.32 Å². The number of likely N-dealkylation sites (N-methyl/N-ethyl adjacent to an activating group) is 1. The summed E-state index contributed by atoms with van der Waals surface area (Å²) >= 11 is 0. The second kappa shape index (κ2) is 8.56. The molecule has 2 amide bonds. The van der Waals surface area contributed by atoms with E-state index < -0.39 is 22.6 Å². The Morgan fingerprint density at radius 1 is 1.15 bits per heavy atom. The Morgan fingerprint density at radius 3 is 2.35 bits per heavy atom. The van der Waals surface area contributed by atoms with E-state index in [0.717, 1.165) is 0 Å². The molecule has 8 nitrogen and oxygen atoms in total. The van der Waals surface area contributed by atoms with Gasteiger partial charge in [0.05, 0.1) is 11.5 Å². The van der Waals surface area contributed by atoms with Crippen molar-refractivity contribution in [3.05, 3.63) is 64.5 Å². The summed E-state index contributed by atoms with van der Waals surface area (Å²) in [5, 5.41) is 13.1. The van der Waals surface area contributed by atoms with Gasteiger partial charge in [0, 0.05) is 24.9 Å². The predicted molar refractivity (Wildman–Crippen MR) is 91.3 cm³/mol. The Balaban J connectivity index is 1.80. The molecule has 0 radical (unpaired) electrons. The molecule has 9 heteroatoms. The monoisotopic (exact) mass is 361 g/mol. The summed E-state index contributed by atoms with van der Waals surface area (Å²) < 4.78 is 18.1. The van der Waals surface area contributed by atoms with E-state index in [0.29, 0.717) is 11.4 Å². The normalized spacial score (nSPS) is 10.1. The van der Waals surface area contributed by atoms with Crippen molar-refractivity contribution in [1.82, 2.24) is 4.90 Å². The number of hydrogen-bond acceptors (Lipinski definition) is 5.